The molecular weight excluding hydrogens is 160 g/mol. The zero-order chi connectivity index (χ0) is 8.10. The third-order valence-electron chi connectivity index (χ3n) is 2.34. The van der Waals surface area contributed by atoms with Crippen LogP contribution in [-0.2, 0) is 11.1 Å². The monoisotopic (exact) mass is 176 g/mol. The van der Waals surface area contributed by atoms with Gasteiger partial charge in [-0.1, -0.05) is 32.1 Å². The molecule has 1 saturated carbocycles. The van der Waals surface area contributed by atoms with Crippen molar-refractivity contribution in [2.24, 2.45) is 0 Å². The maximum atomic E-state index is 10.7. The van der Waals surface area contributed by atoms with Crippen molar-refractivity contribution < 1.29 is 8.76 Å². The second kappa shape index (κ2) is 4.88. The first-order valence-electron chi connectivity index (χ1n) is 4.40. The van der Waals surface area contributed by atoms with Gasteiger partial charge in [-0.2, -0.15) is 0 Å². The van der Waals surface area contributed by atoms with Crippen molar-refractivity contribution in [1.29, 1.82) is 0 Å². The Balaban J connectivity index is 2.32. The van der Waals surface area contributed by atoms with Crippen LogP contribution in [0.4, 0.5) is 0 Å². The van der Waals surface area contributed by atoms with E-state index in [4.69, 9.17) is 4.55 Å². The predicted molar refractivity (Wildman–Crippen MR) is 46.9 cm³/mol. The summed E-state index contributed by atoms with van der Waals surface area (Å²) in [6.45, 7) is 0. The van der Waals surface area contributed by atoms with Gasteiger partial charge in [-0.15, -0.1) is 0 Å². The molecule has 3 heteroatoms. The van der Waals surface area contributed by atoms with Gasteiger partial charge in [-0.3, -0.25) is 0 Å². The highest BCUT2D eigenvalue weighted by atomic mass is 32.2. The SMILES string of the molecule is O=S(O)C1CCCCCCC1. The van der Waals surface area contributed by atoms with Crippen LogP contribution in [0.2, 0.25) is 0 Å². The minimum Gasteiger partial charge on any atom is -0.306 e. The van der Waals surface area contributed by atoms with Crippen molar-refractivity contribution in [3.05, 3.63) is 0 Å². The molecule has 0 spiro atoms. The Hall–Kier alpha value is 0.110. The van der Waals surface area contributed by atoms with Crippen LogP contribution in [0.25, 0.3) is 0 Å². The molecule has 0 bridgehead atoms. The van der Waals surface area contributed by atoms with E-state index in [0.29, 0.717) is 0 Å². The van der Waals surface area contributed by atoms with Crippen molar-refractivity contribution in [3.63, 3.8) is 0 Å². The molecule has 1 rings (SSSR count). The average Bonchev–Trinajstić information content (AvgIpc) is 1.84. The fourth-order valence-electron chi connectivity index (χ4n) is 1.62. The Bertz CT molecular complexity index is 128. The standard InChI is InChI=1S/C8H16O2S/c9-11(10)8-6-4-2-1-3-5-7-8/h8H,1-7H2,(H,9,10). The number of hydrogen-bond donors (Lipinski definition) is 1. The molecule has 1 N–H and O–H groups in total. The highest BCUT2D eigenvalue weighted by molar-refractivity contribution is 7.79. The molecule has 0 heterocycles. The first-order chi connectivity index (χ1) is 5.30. The lowest BCUT2D eigenvalue weighted by molar-refractivity contribution is 0.476. The summed E-state index contributed by atoms with van der Waals surface area (Å²) in [5.74, 6) is 0. The Labute approximate surface area is 70.7 Å². The lowest BCUT2D eigenvalue weighted by Gasteiger charge is -2.15. The zero-order valence-electron chi connectivity index (χ0n) is 6.79. The Morgan fingerprint density at radius 2 is 1.45 bits per heavy atom. The van der Waals surface area contributed by atoms with Gasteiger partial charge >= 0.3 is 0 Å². The molecule has 0 amide bonds. The molecular formula is C8H16O2S. The van der Waals surface area contributed by atoms with Crippen molar-refractivity contribution in [3.8, 4) is 0 Å². The van der Waals surface area contributed by atoms with Crippen molar-refractivity contribution >= 4 is 11.1 Å². The summed E-state index contributed by atoms with van der Waals surface area (Å²) in [7, 11) is 0. The van der Waals surface area contributed by atoms with Gasteiger partial charge in [-0.05, 0) is 12.8 Å². The van der Waals surface area contributed by atoms with Gasteiger partial charge in [-0.25, -0.2) is 4.21 Å². The van der Waals surface area contributed by atoms with Crippen LogP contribution in [0.15, 0.2) is 0 Å². The normalized spacial score (nSPS) is 25.5. The van der Waals surface area contributed by atoms with E-state index in [9.17, 15) is 4.21 Å². The van der Waals surface area contributed by atoms with Crippen LogP contribution < -0.4 is 0 Å². The largest absolute Gasteiger partial charge is 0.306 e. The van der Waals surface area contributed by atoms with Crippen molar-refractivity contribution in [2.75, 3.05) is 0 Å². The van der Waals surface area contributed by atoms with E-state index in [-0.39, 0.29) is 5.25 Å². The van der Waals surface area contributed by atoms with E-state index < -0.39 is 11.1 Å². The molecule has 2 nitrogen and oxygen atoms in total. The molecule has 66 valence electrons. The van der Waals surface area contributed by atoms with E-state index in [1.807, 2.05) is 0 Å². The van der Waals surface area contributed by atoms with E-state index >= 15 is 0 Å². The highest BCUT2D eigenvalue weighted by Crippen LogP contribution is 2.19. The summed E-state index contributed by atoms with van der Waals surface area (Å²) in [5.41, 5.74) is 0. The van der Waals surface area contributed by atoms with E-state index in [1.54, 1.807) is 0 Å². The van der Waals surface area contributed by atoms with Crippen LogP contribution in [0.5, 0.6) is 0 Å². The number of hydrogen-bond acceptors (Lipinski definition) is 1. The second-order valence-electron chi connectivity index (χ2n) is 3.24. The molecule has 1 aliphatic rings. The molecule has 0 radical (unpaired) electrons. The van der Waals surface area contributed by atoms with Gasteiger partial charge in [0, 0.05) is 0 Å². The Morgan fingerprint density at radius 1 is 1.00 bits per heavy atom. The summed E-state index contributed by atoms with van der Waals surface area (Å²) in [5, 5.41) is 0.0651. The lowest BCUT2D eigenvalue weighted by atomic mass is 10.0. The quantitative estimate of drug-likeness (QED) is 0.622. The van der Waals surface area contributed by atoms with Crippen LogP contribution in [0, 0.1) is 0 Å². The third-order valence-corrected chi connectivity index (χ3v) is 3.38. The minimum absolute atomic E-state index is 0.0651. The second-order valence-corrected chi connectivity index (χ2v) is 4.46. The number of rotatable bonds is 1. The highest BCUT2D eigenvalue weighted by Gasteiger charge is 2.15. The first-order valence-corrected chi connectivity index (χ1v) is 5.57. The Kier molecular flexibility index (Phi) is 4.08. The summed E-state index contributed by atoms with van der Waals surface area (Å²) in [6, 6.07) is 0. The van der Waals surface area contributed by atoms with E-state index in [0.717, 1.165) is 25.7 Å². The molecule has 11 heavy (non-hydrogen) atoms. The maximum absolute atomic E-state index is 10.7. The molecule has 0 saturated heterocycles. The molecule has 0 aromatic carbocycles. The van der Waals surface area contributed by atoms with E-state index in [2.05, 4.69) is 0 Å². The van der Waals surface area contributed by atoms with Gasteiger partial charge in [0.1, 0.15) is 0 Å². The fraction of sp³-hybridized carbons (Fsp3) is 1.00. The van der Waals surface area contributed by atoms with Crippen LogP contribution in [0.1, 0.15) is 44.9 Å². The van der Waals surface area contributed by atoms with E-state index in [1.165, 1.54) is 19.3 Å². The van der Waals surface area contributed by atoms with Crippen LogP contribution >= 0.6 is 0 Å². The molecule has 1 unspecified atom stereocenters. The average molecular weight is 176 g/mol. The van der Waals surface area contributed by atoms with Crippen LogP contribution in [-0.4, -0.2) is 14.0 Å². The van der Waals surface area contributed by atoms with Gasteiger partial charge in [0.15, 0.2) is 11.1 Å². The molecule has 1 fully saturated rings. The summed E-state index contributed by atoms with van der Waals surface area (Å²) in [4.78, 5) is 0. The van der Waals surface area contributed by atoms with Crippen LogP contribution in [0.3, 0.4) is 0 Å². The van der Waals surface area contributed by atoms with Crippen molar-refractivity contribution in [2.45, 2.75) is 50.2 Å². The Morgan fingerprint density at radius 3 is 1.91 bits per heavy atom. The fourth-order valence-corrected chi connectivity index (χ4v) is 2.36. The van der Waals surface area contributed by atoms with Gasteiger partial charge in [0.25, 0.3) is 0 Å². The maximum Gasteiger partial charge on any atom is 0.155 e. The lowest BCUT2D eigenvalue weighted by Crippen LogP contribution is -2.15. The molecule has 1 aliphatic carbocycles. The molecule has 0 aromatic heterocycles. The predicted octanol–water partition coefficient (Wildman–Crippen LogP) is 2.32. The smallest absolute Gasteiger partial charge is 0.155 e. The van der Waals surface area contributed by atoms with Gasteiger partial charge in [0.05, 0.1) is 5.25 Å². The molecule has 0 aromatic rings. The van der Waals surface area contributed by atoms with Gasteiger partial charge < -0.3 is 4.55 Å². The summed E-state index contributed by atoms with van der Waals surface area (Å²) in [6.07, 6.45) is 7.96. The third kappa shape index (κ3) is 3.34. The minimum atomic E-state index is -1.57. The zero-order valence-corrected chi connectivity index (χ0v) is 7.61. The van der Waals surface area contributed by atoms with Gasteiger partial charge in [0.2, 0.25) is 0 Å². The summed E-state index contributed by atoms with van der Waals surface area (Å²) >= 11 is -1.57. The molecule has 0 aliphatic heterocycles. The van der Waals surface area contributed by atoms with Crippen molar-refractivity contribution in [1.82, 2.24) is 0 Å². The first kappa shape index (κ1) is 9.20. The topological polar surface area (TPSA) is 37.3 Å². The molecule has 1 atom stereocenters. The summed E-state index contributed by atoms with van der Waals surface area (Å²) < 4.78 is 19.6.